The van der Waals surface area contributed by atoms with Gasteiger partial charge in [-0.3, -0.25) is 20.4 Å². The largest absolute Gasteiger partial charge is 0.441 e. The molecule has 0 atom stereocenters. The van der Waals surface area contributed by atoms with Gasteiger partial charge < -0.3 is 4.42 Å². The van der Waals surface area contributed by atoms with Crippen LogP contribution in [0.4, 0.5) is 0 Å². The average Bonchev–Trinajstić information content (AvgIpc) is 3.16. The lowest BCUT2D eigenvalue weighted by Crippen LogP contribution is -2.41. The Bertz CT molecular complexity index is 1010. The van der Waals surface area contributed by atoms with E-state index in [1.807, 2.05) is 31.2 Å². The van der Waals surface area contributed by atoms with Gasteiger partial charge in [0.1, 0.15) is 0 Å². The number of halogens is 1. The lowest BCUT2D eigenvalue weighted by atomic mass is 10.1. The number of rotatable bonds is 5. The summed E-state index contributed by atoms with van der Waals surface area (Å²) in [6, 6.07) is 13.0. The van der Waals surface area contributed by atoms with E-state index < -0.39 is 5.91 Å². The van der Waals surface area contributed by atoms with Crippen molar-refractivity contribution in [3.63, 3.8) is 0 Å². The molecule has 6 nitrogen and oxygen atoms in total. The first-order valence-corrected chi connectivity index (χ1v) is 9.59. The Labute approximate surface area is 171 Å². The van der Waals surface area contributed by atoms with E-state index in [0.29, 0.717) is 28.1 Å². The van der Waals surface area contributed by atoms with Crippen LogP contribution in [0.2, 0.25) is 0 Å². The number of carbonyl (C=O) groups excluding carboxylic acids is 2. The molecule has 3 rings (SSSR count). The topological polar surface area (TPSA) is 84.2 Å². The van der Waals surface area contributed by atoms with Gasteiger partial charge in [0.15, 0.2) is 11.7 Å². The first-order chi connectivity index (χ1) is 13.4. The third-order valence-electron chi connectivity index (χ3n) is 4.34. The maximum absolute atomic E-state index is 12.1. The predicted molar refractivity (Wildman–Crippen MR) is 109 cm³/mol. The molecule has 1 heterocycles. The van der Waals surface area contributed by atoms with Crippen LogP contribution in [-0.2, 0) is 11.2 Å². The van der Waals surface area contributed by atoms with Crippen LogP contribution in [0.3, 0.4) is 0 Å². The van der Waals surface area contributed by atoms with Gasteiger partial charge in [-0.25, -0.2) is 4.98 Å². The SMILES string of the molecule is Cc1ccc(-c2cnc(CCC(=O)NNC(=O)c3ccccc3Br)o2)cc1C. The number of amides is 2. The predicted octanol–water partition coefficient (Wildman–Crippen LogP) is 4.11. The van der Waals surface area contributed by atoms with Crippen molar-refractivity contribution in [2.75, 3.05) is 0 Å². The molecule has 0 aliphatic rings. The Kier molecular flexibility index (Phi) is 6.26. The van der Waals surface area contributed by atoms with Crippen LogP contribution in [-0.4, -0.2) is 16.8 Å². The quantitative estimate of drug-likeness (QED) is 0.583. The van der Waals surface area contributed by atoms with Gasteiger partial charge in [-0.05, 0) is 59.1 Å². The molecule has 0 aliphatic heterocycles. The summed E-state index contributed by atoms with van der Waals surface area (Å²) in [5, 5.41) is 0. The molecular formula is C21H20BrN3O3. The molecule has 7 heteroatoms. The zero-order valence-corrected chi connectivity index (χ0v) is 17.2. The van der Waals surface area contributed by atoms with Crippen molar-refractivity contribution in [1.29, 1.82) is 0 Å². The summed E-state index contributed by atoms with van der Waals surface area (Å²) in [5.74, 6) is 0.418. The number of nitrogens with one attached hydrogen (secondary N) is 2. The molecule has 2 aromatic carbocycles. The summed E-state index contributed by atoms with van der Waals surface area (Å²) in [6.07, 6.45) is 2.14. The number of carbonyl (C=O) groups is 2. The summed E-state index contributed by atoms with van der Waals surface area (Å²) in [4.78, 5) is 28.3. The lowest BCUT2D eigenvalue weighted by Gasteiger charge is -2.08. The molecule has 0 bridgehead atoms. The van der Waals surface area contributed by atoms with Gasteiger partial charge in [-0.1, -0.05) is 24.3 Å². The van der Waals surface area contributed by atoms with E-state index in [9.17, 15) is 9.59 Å². The average molecular weight is 442 g/mol. The summed E-state index contributed by atoms with van der Waals surface area (Å²) in [5.41, 5.74) is 8.58. The molecular weight excluding hydrogens is 422 g/mol. The monoisotopic (exact) mass is 441 g/mol. The summed E-state index contributed by atoms with van der Waals surface area (Å²) in [6.45, 7) is 4.10. The van der Waals surface area contributed by atoms with Gasteiger partial charge in [0.05, 0.1) is 11.8 Å². The van der Waals surface area contributed by atoms with Crippen molar-refractivity contribution in [2.24, 2.45) is 0 Å². The Balaban J connectivity index is 1.51. The Morgan fingerprint density at radius 1 is 1.07 bits per heavy atom. The van der Waals surface area contributed by atoms with Crippen LogP contribution in [0.5, 0.6) is 0 Å². The second-order valence-corrected chi connectivity index (χ2v) is 7.25. The van der Waals surface area contributed by atoms with Crippen molar-refractivity contribution < 1.29 is 14.0 Å². The second-order valence-electron chi connectivity index (χ2n) is 6.40. The van der Waals surface area contributed by atoms with E-state index in [-0.39, 0.29) is 12.3 Å². The number of oxazole rings is 1. The fourth-order valence-electron chi connectivity index (χ4n) is 2.58. The van der Waals surface area contributed by atoms with E-state index in [1.165, 1.54) is 11.1 Å². The third-order valence-corrected chi connectivity index (χ3v) is 5.04. The highest BCUT2D eigenvalue weighted by atomic mass is 79.9. The Morgan fingerprint density at radius 3 is 2.61 bits per heavy atom. The second kappa shape index (κ2) is 8.84. The van der Waals surface area contributed by atoms with Gasteiger partial charge in [-0.2, -0.15) is 0 Å². The van der Waals surface area contributed by atoms with Gasteiger partial charge in [0, 0.05) is 22.9 Å². The number of hydrogen-bond donors (Lipinski definition) is 2. The molecule has 2 amide bonds. The van der Waals surface area contributed by atoms with Crippen LogP contribution >= 0.6 is 15.9 Å². The van der Waals surface area contributed by atoms with Gasteiger partial charge in [0.2, 0.25) is 5.91 Å². The molecule has 0 aliphatic carbocycles. The minimum absolute atomic E-state index is 0.142. The minimum Gasteiger partial charge on any atom is -0.441 e. The molecule has 3 aromatic rings. The standard InChI is InChI=1S/C21H20BrN3O3/c1-13-7-8-15(11-14(13)2)18-12-23-20(28-18)10-9-19(26)24-25-21(27)16-5-3-4-6-17(16)22/h3-8,11-12H,9-10H2,1-2H3,(H,24,26)(H,25,27). The number of aromatic nitrogens is 1. The molecule has 1 aromatic heterocycles. The minimum atomic E-state index is -0.394. The van der Waals surface area contributed by atoms with Crippen molar-refractivity contribution in [3.8, 4) is 11.3 Å². The number of nitrogens with zero attached hydrogens (tertiary/aromatic N) is 1. The summed E-state index contributed by atoms with van der Waals surface area (Å²) < 4.78 is 6.39. The molecule has 144 valence electrons. The van der Waals surface area contributed by atoms with Crippen molar-refractivity contribution in [3.05, 3.63) is 75.7 Å². The lowest BCUT2D eigenvalue weighted by molar-refractivity contribution is -0.121. The molecule has 28 heavy (non-hydrogen) atoms. The highest BCUT2D eigenvalue weighted by Gasteiger charge is 2.12. The molecule has 0 radical (unpaired) electrons. The van der Waals surface area contributed by atoms with Gasteiger partial charge in [0.25, 0.3) is 5.91 Å². The van der Waals surface area contributed by atoms with Gasteiger partial charge in [-0.15, -0.1) is 0 Å². The molecule has 0 unspecified atom stereocenters. The maximum atomic E-state index is 12.1. The fraction of sp³-hybridized carbons (Fsp3) is 0.190. The number of hydrazine groups is 1. The van der Waals surface area contributed by atoms with Crippen molar-refractivity contribution >= 4 is 27.7 Å². The zero-order valence-electron chi connectivity index (χ0n) is 15.6. The van der Waals surface area contributed by atoms with Crippen LogP contribution < -0.4 is 10.9 Å². The Morgan fingerprint density at radius 2 is 1.86 bits per heavy atom. The fourth-order valence-corrected chi connectivity index (χ4v) is 3.04. The van der Waals surface area contributed by atoms with E-state index >= 15 is 0 Å². The van der Waals surface area contributed by atoms with E-state index in [4.69, 9.17) is 4.42 Å². The molecule has 0 fully saturated rings. The third kappa shape index (κ3) is 4.86. The van der Waals surface area contributed by atoms with E-state index in [1.54, 1.807) is 24.4 Å². The first-order valence-electron chi connectivity index (χ1n) is 8.80. The molecule has 2 N–H and O–H groups in total. The van der Waals surface area contributed by atoms with Crippen LogP contribution in [0.1, 0.15) is 33.8 Å². The smallest absolute Gasteiger partial charge is 0.270 e. The van der Waals surface area contributed by atoms with Crippen LogP contribution in [0.25, 0.3) is 11.3 Å². The summed E-state index contributed by atoms with van der Waals surface area (Å²) >= 11 is 3.30. The Hall–Kier alpha value is -2.93. The number of benzene rings is 2. The molecule has 0 saturated heterocycles. The molecule has 0 spiro atoms. The van der Waals surface area contributed by atoms with Crippen LogP contribution in [0, 0.1) is 13.8 Å². The van der Waals surface area contributed by atoms with Crippen molar-refractivity contribution in [2.45, 2.75) is 26.7 Å². The summed E-state index contributed by atoms with van der Waals surface area (Å²) in [7, 11) is 0. The normalized spacial score (nSPS) is 10.5. The van der Waals surface area contributed by atoms with Crippen LogP contribution in [0.15, 0.2) is 57.6 Å². The number of aryl methyl sites for hydroxylation is 3. The molecule has 0 saturated carbocycles. The number of hydrogen-bond acceptors (Lipinski definition) is 4. The van der Waals surface area contributed by atoms with E-state index in [2.05, 4.69) is 38.7 Å². The van der Waals surface area contributed by atoms with E-state index in [0.717, 1.165) is 5.56 Å². The first kappa shape index (κ1) is 19.8. The van der Waals surface area contributed by atoms with Crippen molar-refractivity contribution in [1.82, 2.24) is 15.8 Å². The van der Waals surface area contributed by atoms with Gasteiger partial charge >= 0.3 is 0 Å². The zero-order chi connectivity index (χ0) is 20.1. The highest BCUT2D eigenvalue weighted by Crippen LogP contribution is 2.23. The highest BCUT2D eigenvalue weighted by molar-refractivity contribution is 9.10. The maximum Gasteiger partial charge on any atom is 0.270 e.